The monoisotopic (exact) mass is 236 g/mol. The molecule has 0 unspecified atom stereocenters. The minimum absolute atomic E-state index is 0.00852. The average Bonchev–Trinajstić information content (AvgIpc) is 2.76. The molecule has 0 saturated carbocycles. The summed E-state index contributed by atoms with van der Waals surface area (Å²) in [5.41, 5.74) is 5.10. The Hall–Kier alpha value is -2.71. The molecule has 9 nitrogen and oxygen atoms in total. The molecule has 88 valence electrons. The quantitative estimate of drug-likeness (QED) is 0.594. The molecule has 2 heterocycles. The zero-order valence-electron chi connectivity index (χ0n) is 8.77. The molecule has 2 aromatic rings. The molecule has 0 amide bonds. The Kier molecular flexibility index (Phi) is 2.57. The Morgan fingerprint density at radius 2 is 2.29 bits per heavy atom. The van der Waals surface area contributed by atoms with Crippen LogP contribution in [-0.2, 0) is 0 Å². The van der Waals surface area contributed by atoms with Crippen molar-refractivity contribution in [2.75, 3.05) is 12.8 Å². The van der Waals surface area contributed by atoms with Crippen LogP contribution in [0.3, 0.4) is 0 Å². The Bertz CT molecular complexity index is 566. The summed E-state index contributed by atoms with van der Waals surface area (Å²) in [6.45, 7) is 0. The molecule has 0 spiro atoms. The molecule has 17 heavy (non-hydrogen) atoms. The molecule has 2 rings (SSSR count). The van der Waals surface area contributed by atoms with Crippen molar-refractivity contribution in [3.8, 4) is 11.6 Å². The van der Waals surface area contributed by atoms with E-state index in [1.165, 1.54) is 24.2 Å². The minimum Gasteiger partial charge on any atom is -0.493 e. The minimum atomic E-state index is -0.608. The summed E-state index contributed by atoms with van der Waals surface area (Å²) in [6.07, 6.45) is 3.89. The lowest BCUT2D eigenvalue weighted by Crippen LogP contribution is -2.07. The Labute approximate surface area is 95.0 Å². The maximum atomic E-state index is 10.8. The Morgan fingerprint density at radius 3 is 2.88 bits per heavy atom. The van der Waals surface area contributed by atoms with E-state index in [0.717, 1.165) is 6.20 Å². The number of nitro groups is 1. The van der Waals surface area contributed by atoms with Crippen molar-refractivity contribution in [2.24, 2.45) is 0 Å². The van der Waals surface area contributed by atoms with E-state index in [2.05, 4.69) is 15.1 Å². The van der Waals surface area contributed by atoms with Crippen LogP contribution in [0.5, 0.6) is 5.75 Å². The number of aromatic nitrogens is 4. The van der Waals surface area contributed by atoms with E-state index in [9.17, 15) is 10.1 Å². The van der Waals surface area contributed by atoms with Crippen LogP contribution in [0.15, 0.2) is 18.6 Å². The average molecular weight is 236 g/mol. The molecule has 0 radical (unpaired) electrons. The summed E-state index contributed by atoms with van der Waals surface area (Å²) >= 11 is 0. The lowest BCUT2D eigenvalue weighted by atomic mass is 10.5. The second kappa shape index (κ2) is 4.04. The highest BCUT2D eigenvalue weighted by Crippen LogP contribution is 2.21. The van der Waals surface area contributed by atoms with E-state index < -0.39 is 4.92 Å². The molecule has 0 atom stereocenters. The third-order valence-electron chi connectivity index (χ3n) is 1.98. The van der Waals surface area contributed by atoms with Crippen LogP contribution in [-0.4, -0.2) is 31.8 Å². The highest BCUT2D eigenvalue weighted by Gasteiger charge is 2.19. The van der Waals surface area contributed by atoms with E-state index in [1.807, 2.05) is 0 Å². The number of hydrogen-bond acceptors (Lipinski definition) is 7. The maximum absolute atomic E-state index is 10.8. The molecule has 0 aliphatic heterocycles. The van der Waals surface area contributed by atoms with Crippen LogP contribution in [0.25, 0.3) is 5.82 Å². The van der Waals surface area contributed by atoms with Gasteiger partial charge in [-0.2, -0.15) is 10.1 Å². The zero-order valence-corrected chi connectivity index (χ0v) is 8.77. The third kappa shape index (κ3) is 1.97. The van der Waals surface area contributed by atoms with Gasteiger partial charge in [0.2, 0.25) is 11.8 Å². The molecule has 0 fully saturated rings. The van der Waals surface area contributed by atoms with Gasteiger partial charge >= 0.3 is 5.69 Å². The first-order valence-electron chi connectivity index (χ1n) is 4.47. The van der Waals surface area contributed by atoms with Crippen LogP contribution in [0.1, 0.15) is 0 Å². The van der Waals surface area contributed by atoms with Gasteiger partial charge in [-0.1, -0.05) is 0 Å². The number of nitrogens with zero attached hydrogens (tertiary/aromatic N) is 5. The van der Waals surface area contributed by atoms with E-state index in [1.54, 1.807) is 0 Å². The third-order valence-corrected chi connectivity index (χ3v) is 1.98. The Morgan fingerprint density at radius 1 is 1.53 bits per heavy atom. The van der Waals surface area contributed by atoms with Gasteiger partial charge in [0, 0.05) is 0 Å². The molecule has 0 aliphatic rings. The summed E-state index contributed by atoms with van der Waals surface area (Å²) in [6, 6.07) is 0. The summed E-state index contributed by atoms with van der Waals surface area (Å²) in [7, 11) is 1.46. The summed E-state index contributed by atoms with van der Waals surface area (Å²) in [5, 5.41) is 14.7. The van der Waals surface area contributed by atoms with Crippen LogP contribution in [0.2, 0.25) is 0 Å². The number of rotatable bonds is 3. The van der Waals surface area contributed by atoms with Gasteiger partial charge in [0.05, 0.1) is 24.4 Å². The number of ether oxygens (including phenoxy) is 1. The molecule has 0 aromatic carbocycles. The largest absolute Gasteiger partial charge is 0.493 e. The van der Waals surface area contributed by atoms with Gasteiger partial charge in [-0.15, -0.1) is 0 Å². The predicted octanol–water partition coefficient (Wildman–Crippen LogP) is 0.161. The van der Waals surface area contributed by atoms with Gasteiger partial charge in [0.1, 0.15) is 6.20 Å². The second-order valence-electron chi connectivity index (χ2n) is 3.02. The van der Waals surface area contributed by atoms with E-state index in [4.69, 9.17) is 10.5 Å². The van der Waals surface area contributed by atoms with Crippen molar-refractivity contribution < 1.29 is 9.66 Å². The molecule has 2 N–H and O–H groups in total. The summed E-state index contributed by atoms with van der Waals surface area (Å²) < 4.78 is 6.12. The molecular formula is C8H8N6O3. The fourth-order valence-corrected chi connectivity index (χ4v) is 1.20. The highest BCUT2D eigenvalue weighted by atomic mass is 16.6. The number of anilines is 1. The van der Waals surface area contributed by atoms with Crippen molar-refractivity contribution in [2.45, 2.75) is 0 Å². The number of methoxy groups -OCH3 is 1. The van der Waals surface area contributed by atoms with Crippen LogP contribution in [0.4, 0.5) is 11.6 Å². The molecule has 0 saturated heterocycles. The van der Waals surface area contributed by atoms with Crippen molar-refractivity contribution in [3.05, 3.63) is 28.7 Å². The molecular weight excluding hydrogens is 228 g/mol. The first kappa shape index (κ1) is 10.8. The topological polar surface area (TPSA) is 122 Å². The highest BCUT2D eigenvalue weighted by molar-refractivity contribution is 5.47. The van der Waals surface area contributed by atoms with Gasteiger partial charge in [-0.3, -0.25) is 10.1 Å². The van der Waals surface area contributed by atoms with Gasteiger partial charge < -0.3 is 10.5 Å². The molecule has 2 aromatic heterocycles. The number of hydrogen-bond donors (Lipinski definition) is 1. The van der Waals surface area contributed by atoms with Gasteiger partial charge in [-0.05, 0) is 0 Å². The molecule has 0 aliphatic carbocycles. The van der Waals surface area contributed by atoms with Gasteiger partial charge in [0.15, 0.2) is 5.75 Å². The van der Waals surface area contributed by atoms with Crippen LogP contribution < -0.4 is 10.5 Å². The fraction of sp³-hybridized carbons (Fsp3) is 0.125. The normalized spacial score (nSPS) is 10.2. The predicted molar refractivity (Wildman–Crippen MR) is 56.8 cm³/mol. The molecule has 0 bridgehead atoms. The second-order valence-corrected chi connectivity index (χ2v) is 3.02. The van der Waals surface area contributed by atoms with Gasteiger partial charge in [-0.25, -0.2) is 9.67 Å². The first-order valence-corrected chi connectivity index (χ1v) is 4.47. The van der Waals surface area contributed by atoms with E-state index >= 15 is 0 Å². The van der Waals surface area contributed by atoms with Crippen molar-refractivity contribution in [1.29, 1.82) is 0 Å². The fourth-order valence-electron chi connectivity index (χ4n) is 1.20. The first-order chi connectivity index (χ1) is 8.11. The van der Waals surface area contributed by atoms with Crippen molar-refractivity contribution >= 4 is 11.6 Å². The Balaban J connectivity index is 2.56. The van der Waals surface area contributed by atoms with Crippen molar-refractivity contribution in [1.82, 2.24) is 19.7 Å². The summed E-state index contributed by atoms with van der Waals surface area (Å²) in [4.78, 5) is 17.5. The van der Waals surface area contributed by atoms with Gasteiger partial charge in [0.25, 0.3) is 0 Å². The zero-order chi connectivity index (χ0) is 12.4. The SMILES string of the molecule is COc1cnn(-c2nc(N)ncc2[N+](=O)[O-])c1. The van der Waals surface area contributed by atoms with Crippen LogP contribution in [0, 0.1) is 10.1 Å². The number of nitrogen functional groups attached to an aromatic ring is 1. The lowest BCUT2D eigenvalue weighted by molar-refractivity contribution is -0.385. The van der Waals surface area contributed by atoms with Crippen LogP contribution >= 0.6 is 0 Å². The summed E-state index contributed by atoms with van der Waals surface area (Å²) in [5.74, 6) is 0.377. The standard InChI is InChI=1S/C8H8N6O3/c1-17-5-2-11-13(4-5)7-6(14(15)16)3-10-8(9)12-7/h2-4H,1H3,(H2,9,10,12). The number of nitrogens with two attached hydrogens (primary N) is 1. The van der Waals surface area contributed by atoms with Crippen molar-refractivity contribution in [3.63, 3.8) is 0 Å². The maximum Gasteiger partial charge on any atom is 0.332 e. The van der Waals surface area contributed by atoms with E-state index in [0.29, 0.717) is 5.75 Å². The molecule has 9 heteroatoms. The lowest BCUT2D eigenvalue weighted by Gasteiger charge is -2.01. The smallest absolute Gasteiger partial charge is 0.332 e. The van der Waals surface area contributed by atoms with E-state index in [-0.39, 0.29) is 17.5 Å².